The number of likely N-dealkylation sites (tertiary alicyclic amines) is 2. The number of carbonyl (C=O) groups excluding carboxylic acids is 1. The van der Waals surface area contributed by atoms with Crippen LogP contribution in [0.5, 0.6) is 0 Å². The summed E-state index contributed by atoms with van der Waals surface area (Å²) in [5.41, 5.74) is 1.78. The third kappa shape index (κ3) is 5.39. The zero-order chi connectivity index (χ0) is 25.1. The maximum absolute atomic E-state index is 13.6. The molecule has 0 bridgehead atoms. The van der Waals surface area contributed by atoms with E-state index in [1.807, 2.05) is 42.5 Å². The van der Waals surface area contributed by atoms with Gasteiger partial charge in [-0.15, -0.1) is 0 Å². The van der Waals surface area contributed by atoms with E-state index in [9.17, 15) is 9.59 Å². The van der Waals surface area contributed by atoms with E-state index in [-0.39, 0.29) is 24.1 Å². The summed E-state index contributed by atoms with van der Waals surface area (Å²) in [6.45, 7) is 8.62. The van der Waals surface area contributed by atoms with E-state index >= 15 is 0 Å². The molecular formula is C30H38N4O2. The molecule has 0 N–H and O–H groups in total. The number of hydrogen-bond donors (Lipinski definition) is 0. The lowest BCUT2D eigenvalue weighted by Gasteiger charge is -2.47. The Bertz CT molecular complexity index is 1250. The van der Waals surface area contributed by atoms with Crippen LogP contribution in [0.25, 0.3) is 10.8 Å². The molecule has 0 aliphatic carbocycles. The molecule has 5 rings (SSSR count). The van der Waals surface area contributed by atoms with E-state index in [0.29, 0.717) is 23.6 Å². The second-order valence-corrected chi connectivity index (χ2v) is 10.9. The monoisotopic (exact) mass is 486 g/mol. The molecule has 0 unspecified atom stereocenters. The van der Waals surface area contributed by atoms with Crippen LogP contribution in [0.3, 0.4) is 0 Å². The van der Waals surface area contributed by atoms with Crippen molar-refractivity contribution in [2.75, 3.05) is 26.2 Å². The third-order valence-corrected chi connectivity index (χ3v) is 7.94. The van der Waals surface area contributed by atoms with Gasteiger partial charge in [-0.3, -0.25) is 9.59 Å². The average molecular weight is 487 g/mol. The van der Waals surface area contributed by atoms with Gasteiger partial charge in [-0.05, 0) is 55.7 Å². The van der Waals surface area contributed by atoms with Crippen molar-refractivity contribution in [3.8, 4) is 0 Å². The van der Waals surface area contributed by atoms with Crippen LogP contribution < -0.4 is 5.56 Å². The van der Waals surface area contributed by atoms with E-state index in [1.54, 1.807) is 0 Å². The summed E-state index contributed by atoms with van der Waals surface area (Å²) in [5, 5.41) is 6.22. The molecule has 2 aromatic carbocycles. The quantitative estimate of drug-likeness (QED) is 0.498. The minimum absolute atomic E-state index is 0.00570. The molecule has 0 spiro atoms. The molecule has 6 heteroatoms. The van der Waals surface area contributed by atoms with Gasteiger partial charge in [0.1, 0.15) is 6.54 Å². The molecule has 6 nitrogen and oxygen atoms in total. The fraction of sp³-hybridized carbons (Fsp3) is 0.500. The highest BCUT2D eigenvalue weighted by Gasteiger charge is 2.38. The van der Waals surface area contributed by atoms with Crippen LogP contribution in [-0.4, -0.2) is 57.7 Å². The maximum Gasteiger partial charge on any atom is 0.275 e. The van der Waals surface area contributed by atoms with Gasteiger partial charge in [0, 0.05) is 37.5 Å². The Kier molecular flexibility index (Phi) is 7.51. The summed E-state index contributed by atoms with van der Waals surface area (Å²) in [4.78, 5) is 31.6. The van der Waals surface area contributed by atoms with Crippen molar-refractivity contribution in [1.29, 1.82) is 0 Å². The number of amides is 1. The van der Waals surface area contributed by atoms with Crippen LogP contribution in [0.15, 0.2) is 59.4 Å². The van der Waals surface area contributed by atoms with Crippen LogP contribution in [0, 0.1) is 11.8 Å². The molecule has 3 aromatic rings. The Morgan fingerprint density at radius 2 is 1.75 bits per heavy atom. The first-order valence-corrected chi connectivity index (χ1v) is 13.5. The molecule has 1 aromatic heterocycles. The molecule has 2 atom stereocenters. The van der Waals surface area contributed by atoms with Gasteiger partial charge in [0.25, 0.3) is 5.56 Å². The van der Waals surface area contributed by atoms with Crippen molar-refractivity contribution in [3.05, 3.63) is 76.2 Å². The molecule has 2 saturated heterocycles. The zero-order valence-corrected chi connectivity index (χ0v) is 21.6. The van der Waals surface area contributed by atoms with E-state index in [1.165, 1.54) is 17.5 Å². The smallest absolute Gasteiger partial charge is 0.275 e. The number of carbonyl (C=O) groups is 1. The van der Waals surface area contributed by atoms with Crippen LogP contribution in [0.2, 0.25) is 0 Å². The van der Waals surface area contributed by atoms with Gasteiger partial charge in [0.15, 0.2) is 0 Å². The Hall–Kier alpha value is -2.99. The highest BCUT2D eigenvalue weighted by atomic mass is 16.2. The van der Waals surface area contributed by atoms with Crippen LogP contribution >= 0.6 is 0 Å². The fourth-order valence-electron chi connectivity index (χ4n) is 5.98. The van der Waals surface area contributed by atoms with Crippen molar-refractivity contribution in [2.45, 2.75) is 58.5 Å². The largest absolute Gasteiger partial charge is 0.338 e. The molecule has 3 heterocycles. The number of rotatable bonds is 7. The lowest BCUT2D eigenvalue weighted by atomic mass is 9.83. The molecule has 1 amide bonds. The van der Waals surface area contributed by atoms with Crippen molar-refractivity contribution >= 4 is 16.7 Å². The number of hydrogen-bond acceptors (Lipinski definition) is 4. The van der Waals surface area contributed by atoms with E-state index in [0.717, 1.165) is 55.7 Å². The van der Waals surface area contributed by atoms with Gasteiger partial charge < -0.3 is 9.80 Å². The summed E-state index contributed by atoms with van der Waals surface area (Å²) in [7, 11) is 0. The molecule has 2 fully saturated rings. The summed E-state index contributed by atoms with van der Waals surface area (Å²) >= 11 is 0. The number of fused-ring (bicyclic) bond motifs is 2. The van der Waals surface area contributed by atoms with Gasteiger partial charge >= 0.3 is 0 Å². The SMILES string of the molecule is CC(C)CCN1CC[C@@H]2[C@H](CCCN2C(=O)Cn2nc(Cc3ccccc3)c3ccccc3c2=O)C1. The van der Waals surface area contributed by atoms with Crippen molar-refractivity contribution < 1.29 is 4.79 Å². The molecule has 0 radical (unpaired) electrons. The van der Waals surface area contributed by atoms with Crippen molar-refractivity contribution in [2.24, 2.45) is 11.8 Å². The summed E-state index contributed by atoms with van der Waals surface area (Å²) in [6, 6.07) is 18.1. The summed E-state index contributed by atoms with van der Waals surface area (Å²) in [6.07, 6.45) is 5.08. The van der Waals surface area contributed by atoms with Gasteiger partial charge in [0.2, 0.25) is 5.91 Å². The Morgan fingerprint density at radius 3 is 2.53 bits per heavy atom. The van der Waals surface area contributed by atoms with E-state index in [2.05, 4.69) is 35.8 Å². The Labute approximate surface area is 213 Å². The van der Waals surface area contributed by atoms with E-state index < -0.39 is 0 Å². The minimum atomic E-state index is -0.187. The van der Waals surface area contributed by atoms with Crippen LogP contribution in [0.1, 0.15) is 50.8 Å². The standard InChI is InChI=1S/C30H38N4O2/c1-22(2)14-17-32-18-15-28-24(20-32)11-8-16-33(28)29(35)21-34-30(36)26-13-7-6-12-25(26)27(31-34)19-23-9-4-3-5-10-23/h3-7,9-10,12-13,22,24,28H,8,11,14-21H2,1-2H3/t24-,28-/m1/s1. The highest BCUT2D eigenvalue weighted by Crippen LogP contribution is 2.31. The lowest BCUT2D eigenvalue weighted by Crippen LogP contribution is -2.56. The second-order valence-electron chi connectivity index (χ2n) is 10.9. The van der Waals surface area contributed by atoms with E-state index in [4.69, 9.17) is 5.10 Å². The second kappa shape index (κ2) is 11.0. The van der Waals surface area contributed by atoms with Gasteiger partial charge in [-0.2, -0.15) is 5.10 Å². The van der Waals surface area contributed by atoms with Crippen molar-refractivity contribution in [1.82, 2.24) is 19.6 Å². The molecule has 0 saturated carbocycles. The summed E-state index contributed by atoms with van der Waals surface area (Å²) in [5.74, 6) is 1.26. The predicted molar refractivity (Wildman–Crippen MR) is 144 cm³/mol. The predicted octanol–water partition coefficient (Wildman–Crippen LogP) is 4.35. The minimum Gasteiger partial charge on any atom is -0.338 e. The van der Waals surface area contributed by atoms with Gasteiger partial charge in [-0.25, -0.2) is 4.68 Å². The van der Waals surface area contributed by atoms with Gasteiger partial charge in [-0.1, -0.05) is 62.4 Å². The first-order chi connectivity index (χ1) is 17.5. The topological polar surface area (TPSA) is 58.4 Å². The molecule has 2 aliphatic heterocycles. The molecular weight excluding hydrogens is 448 g/mol. The number of nitrogens with zero attached hydrogens (tertiary/aromatic N) is 4. The number of benzene rings is 2. The number of aromatic nitrogens is 2. The number of piperidine rings is 2. The third-order valence-electron chi connectivity index (χ3n) is 7.94. The molecule has 190 valence electrons. The first-order valence-electron chi connectivity index (χ1n) is 13.5. The molecule has 2 aliphatic rings. The normalized spacial score (nSPS) is 20.6. The lowest BCUT2D eigenvalue weighted by molar-refractivity contribution is -0.139. The Morgan fingerprint density at radius 1 is 1.00 bits per heavy atom. The average Bonchev–Trinajstić information content (AvgIpc) is 2.90. The zero-order valence-electron chi connectivity index (χ0n) is 21.6. The van der Waals surface area contributed by atoms with Crippen molar-refractivity contribution in [3.63, 3.8) is 0 Å². The van der Waals surface area contributed by atoms with Gasteiger partial charge in [0.05, 0.1) is 11.1 Å². The van der Waals surface area contributed by atoms with Crippen LogP contribution in [-0.2, 0) is 17.8 Å². The first kappa shape index (κ1) is 24.7. The fourth-order valence-corrected chi connectivity index (χ4v) is 5.98. The van der Waals surface area contributed by atoms with Crippen LogP contribution in [0.4, 0.5) is 0 Å². The maximum atomic E-state index is 13.6. The highest BCUT2D eigenvalue weighted by molar-refractivity contribution is 5.84. The molecule has 36 heavy (non-hydrogen) atoms. The summed E-state index contributed by atoms with van der Waals surface area (Å²) < 4.78 is 1.41. The Balaban J connectivity index is 1.35.